The van der Waals surface area contributed by atoms with Gasteiger partial charge in [0.05, 0.1) is 0 Å². The molecule has 1 fully saturated rings. The van der Waals surface area contributed by atoms with E-state index in [2.05, 4.69) is 5.32 Å². The lowest BCUT2D eigenvalue weighted by atomic mass is 9.89. The zero-order valence-electron chi connectivity index (χ0n) is 13.4. The zero-order chi connectivity index (χ0) is 15.8. The van der Waals surface area contributed by atoms with Crippen molar-refractivity contribution in [1.29, 1.82) is 0 Å². The number of carbonyl (C=O) groups excluding carboxylic acids is 1. The van der Waals surface area contributed by atoms with E-state index in [1.165, 1.54) is 39.0 Å². The summed E-state index contributed by atoms with van der Waals surface area (Å²) < 4.78 is 5.56. The number of carbonyl (C=O) groups is 1. The summed E-state index contributed by atoms with van der Waals surface area (Å²) in [7, 11) is 0. The maximum absolute atomic E-state index is 11.3. The highest BCUT2D eigenvalue weighted by Gasteiger charge is 2.13. The van der Waals surface area contributed by atoms with Crippen LogP contribution in [0.4, 0.5) is 0 Å². The SMILES string of the molecule is CC(=O)c1cccc(OC[C@@H](O)CNCC2CCCCC2)c1. The Morgan fingerprint density at radius 2 is 2.14 bits per heavy atom. The van der Waals surface area contributed by atoms with Gasteiger partial charge in [-0.1, -0.05) is 31.4 Å². The number of hydrogen-bond acceptors (Lipinski definition) is 4. The van der Waals surface area contributed by atoms with Crippen molar-refractivity contribution < 1.29 is 14.6 Å². The first kappa shape index (κ1) is 17.0. The van der Waals surface area contributed by atoms with Crippen LogP contribution in [0.1, 0.15) is 49.4 Å². The monoisotopic (exact) mass is 305 g/mol. The van der Waals surface area contributed by atoms with Crippen LogP contribution in [0.3, 0.4) is 0 Å². The molecule has 1 atom stereocenters. The molecule has 0 aliphatic heterocycles. The Bertz CT molecular complexity index is 469. The van der Waals surface area contributed by atoms with Gasteiger partial charge in [0.25, 0.3) is 0 Å². The van der Waals surface area contributed by atoms with Gasteiger partial charge in [0, 0.05) is 12.1 Å². The Kier molecular flexibility index (Phi) is 6.87. The highest BCUT2D eigenvalue weighted by molar-refractivity contribution is 5.94. The van der Waals surface area contributed by atoms with E-state index < -0.39 is 6.10 Å². The summed E-state index contributed by atoms with van der Waals surface area (Å²) in [4.78, 5) is 11.3. The third-order valence-electron chi connectivity index (χ3n) is 4.22. The first-order chi connectivity index (χ1) is 10.6. The average Bonchev–Trinajstić information content (AvgIpc) is 2.54. The van der Waals surface area contributed by atoms with Gasteiger partial charge >= 0.3 is 0 Å². The van der Waals surface area contributed by atoms with Crippen molar-refractivity contribution >= 4 is 5.78 Å². The minimum Gasteiger partial charge on any atom is -0.491 e. The Morgan fingerprint density at radius 3 is 2.86 bits per heavy atom. The molecule has 0 amide bonds. The molecular formula is C18H27NO3. The van der Waals surface area contributed by atoms with Crippen molar-refractivity contribution in [3.8, 4) is 5.75 Å². The zero-order valence-corrected chi connectivity index (χ0v) is 13.4. The summed E-state index contributed by atoms with van der Waals surface area (Å²) in [5.41, 5.74) is 0.627. The van der Waals surface area contributed by atoms with E-state index in [4.69, 9.17) is 4.74 Å². The van der Waals surface area contributed by atoms with Crippen molar-refractivity contribution in [2.75, 3.05) is 19.7 Å². The van der Waals surface area contributed by atoms with Gasteiger partial charge in [-0.25, -0.2) is 0 Å². The predicted octanol–water partition coefficient (Wildman–Crippen LogP) is 2.80. The van der Waals surface area contributed by atoms with Gasteiger partial charge in [0.2, 0.25) is 0 Å². The maximum atomic E-state index is 11.3. The molecule has 0 saturated heterocycles. The third kappa shape index (κ3) is 5.78. The Balaban J connectivity index is 1.65. The second-order valence-electron chi connectivity index (χ2n) is 6.21. The molecule has 22 heavy (non-hydrogen) atoms. The molecule has 4 heteroatoms. The highest BCUT2D eigenvalue weighted by Crippen LogP contribution is 2.22. The van der Waals surface area contributed by atoms with Crippen LogP contribution in [0.5, 0.6) is 5.75 Å². The van der Waals surface area contributed by atoms with Crippen molar-refractivity contribution in [2.45, 2.75) is 45.1 Å². The van der Waals surface area contributed by atoms with Gasteiger partial charge in [0.15, 0.2) is 5.78 Å². The topological polar surface area (TPSA) is 58.6 Å². The molecule has 1 aliphatic carbocycles. The first-order valence-electron chi connectivity index (χ1n) is 8.27. The molecule has 122 valence electrons. The van der Waals surface area contributed by atoms with E-state index in [0.717, 1.165) is 12.5 Å². The molecule has 0 heterocycles. The molecule has 0 aromatic heterocycles. The van der Waals surface area contributed by atoms with Gasteiger partial charge in [-0.2, -0.15) is 0 Å². The lowest BCUT2D eigenvalue weighted by Crippen LogP contribution is -2.34. The Labute approximate surface area is 132 Å². The molecule has 0 radical (unpaired) electrons. The number of Topliss-reactive ketones (excluding diaryl/α,β-unsaturated/α-hetero) is 1. The average molecular weight is 305 g/mol. The molecule has 2 N–H and O–H groups in total. The molecular weight excluding hydrogens is 278 g/mol. The molecule has 1 saturated carbocycles. The number of aliphatic hydroxyl groups excluding tert-OH is 1. The predicted molar refractivity (Wildman–Crippen MR) is 87.4 cm³/mol. The van der Waals surface area contributed by atoms with Gasteiger partial charge in [-0.15, -0.1) is 0 Å². The minimum absolute atomic E-state index is 0.0140. The second-order valence-corrected chi connectivity index (χ2v) is 6.21. The summed E-state index contributed by atoms with van der Waals surface area (Å²) in [6.45, 7) is 3.29. The number of hydrogen-bond donors (Lipinski definition) is 2. The van der Waals surface area contributed by atoms with Crippen LogP contribution >= 0.6 is 0 Å². The first-order valence-corrected chi connectivity index (χ1v) is 8.27. The second kappa shape index (κ2) is 8.91. The van der Waals surface area contributed by atoms with Crippen molar-refractivity contribution in [1.82, 2.24) is 5.32 Å². The van der Waals surface area contributed by atoms with Crippen molar-refractivity contribution in [2.24, 2.45) is 5.92 Å². The maximum Gasteiger partial charge on any atom is 0.159 e. The number of ketones is 1. The third-order valence-corrected chi connectivity index (χ3v) is 4.22. The molecule has 1 aromatic rings. The lowest BCUT2D eigenvalue weighted by molar-refractivity contribution is 0.101. The van der Waals surface area contributed by atoms with Crippen molar-refractivity contribution in [3.63, 3.8) is 0 Å². The summed E-state index contributed by atoms with van der Waals surface area (Å²) in [6, 6.07) is 7.07. The molecule has 0 bridgehead atoms. The molecule has 2 rings (SSSR count). The number of nitrogens with one attached hydrogen (secondary N) is 1. The molecule has 1 aromatic carbocycles. The Hall–Kier alpha value is -1.39. The van der Waals surface area contributed by atoms with Gasteiger partial charge in [0.1, 0.15) is 18.5 Å². The fourth-order valence-electron chi connectivity index (χ4n) is 2.90. The Morgan fingerprint density at radius 1 is 1.36 bits per heavy atom. The summed E-state index contributed by atoms with van der Waals surface area (Å²) >= 11 is 0. The van der Waals surface area contributed by atoms with Crippen LogP contribution in [0.15, 0.2) is 24.3 Å². The van der Waals surface area contributed by atoms with Crippen LogP contribution in [-0.2, 0) is 0 Å². The number of ether oxygens (including phenoxy) is 1. The highest BCUT2D eigenvalue weighted by atomic mass is 16.5. The van der Waals surface area contributed by atoms with E-state index >= 15 is 0 Å². The number of rotatable bonds is 8. The van der Waals surface area contributed by atoms with E-state index in [-0.39, 0.29) is 12.4 Å². The molecule has 4 nitrogen and oxygen atoms in total. The molecule has 0 unspecified atom stereocenters. The summed E-state index contributed by atoms with van der Waals surface area (Å²) in [6.07, 6.45) is 6.11. The fraction of sp³-hybridized carbons (Fsp3) is 0.611. The molecule has 0 spiro atoms. The van der Waals surface area contributed by atoms with Gasteiger partial charge in [-0.3, -0.25) is 4.79 Å². The summed E-state index contributed by atoms with van der Waals surface area (Å²) in [5.74, 6) is 1.40. The fourth-order valence-corrected chi connectivity index (χ4v) is 2.90. The standard InChI is InChI=1S/C18H27NO3/c1-14(20)16-8-5-9-18(10-16)22-13-17(21)12-19-11-15-6-3-2-4-7-15/h5,8-10,15,17,19,21H,2-4,6-7,11-13H2,1H3/t17-/m0/s1. The van der Waals surface area contributed by atoms with Crippen LogP contribution in [0.2, 0.25) is 0 Å². The summed E-state index contributed by atoms with van der Waals surface area (Å²) in [5, 5.41) is 13.3. The lowest BCUT2D eigenvalue weighted by Gasteiger charge is -2.22. The van der Waals surface area contributed by atoms with Gasteiger partial charge in [-0.05, 0) is 44.4 Å². The van der Waals surface area contributed by atoms with Crippen molar-refractivity contribution in [3.05, 3.63) is 29.8 Å². The van der Waals surface area contributed by atoms with Crippen LogP contribution in [0.25, 0.3) is 0 Å². The van der Waals surface area contributed by atoms with E-state index in [0.29, 0.717) is 17.9 Å². The van der Waals surface area contributed by atoms with Crippen LogP contribution in [-0.4, -0.2) is 36.7 Å². The largest absolute Gasteiger partial charge is 0.491 e. The van der Waals surface area contributed by atoms with Crippen LogP contribution in [0, 0.1) is 5.92 Å². The smallest absolute Gasteiger partial charge is 0.159 e. The molecule has 1 aliphatic rings. The minimum atomic E-state index is -0.537. The van der Waals surface area contributed by atoms with E-state index in [1.807, 2.05) is 0 Å². The van der Waals surface area contributed by atoms with Gasteiger partial charge < -0.3 is 15.2 Å². The normalized spacial score (nSPS) is 17.2. The number of benzene rings is 1. The van der Waals surface area contributed by atoms with E-state index in [1.54, 1.807) is 24.3 Å². The number of aliphatic hydroxyl groups is 1. The van der Waals surface area contributed by atoms with Crippen LogP contribution < -0.4 is 10.1 Å². The van der Waals surface area contributed by atoms with E-state index in [9.17, 15) is 9.90 Å². The quantitative estimate of drug-likeness (QED) is 0.725.